The fraction of sp³-hybridized carbons (Fsp3) is 0.524. The second-order valence-corrected chi connectivity index (χ2v) is 11.0. The summed E-state index contributed by atoms with van der Waals surface area (Å²) < 4.78 is 64.7. The molecule has 2 aromatic rings. The highest BCUT2D eigenvalue weighted by molar-refractivity contribution is 7.89. The van der Waals surface area contributed by atoms with Crippen LogP contribution in [0.4, 0.5) is 18.3 Å². The van der Waals surface area contributed by atoms with Crippen LogP contribution in [0.1, 0.15) is 48.6 Å². The molecule has 0 saturated carbocycles. The number of piperidine rings is 1. The minimum atomic E-state index is -4.40. The van der Waals surface area contributed by atoms with E-state index in [0.717, 1.165) is 23.4 Å². The molecule has 176 valence electrons. The molecule has 0 spiro atoms. The molecule has 1 aliphatic heterocycles. The van der Waals surface area contributed by atoms with Crippen molar-refractivity contribution in [2.24, 2.45) is 5.92 Å². The maximum Gasteiger partial charge on any atom is 0.416 e. The second-order valence-electron chi connectivity index (χ2n) is 7.84. The first-order valence-corrected chi connectivity index (χ1v) is 12.9. The fourth-order valence-electron chi connectivity index (χ4n) is 3.57. The number of carbonyl (C=O) groups is 1. The Labute approximate surface area is 189 Å². The number of halogens is 3. The number of alkyl halides is 3. The van der Waals surface area contributed by atoms with Crippen molar-refractivity contribution in [3.8, 4) is 0 Å². The molecule has 3 rings (SSSR count). The standard InChI is InChI=1S/C21H26F3N3O3S2/c1-2-3-11-32(29,30)27-9-7-16(8-10-27)19(28)26-20-25-14-18(31-20)13-15-5-4-6-17(12-15)21(22,23)24/h4-6,12,14,16H,2-3,7-11,13H2,1H3,(H,25,26,28). The Morgan fingerprint density at radius 3 is 2.66 bits per heavy atom. The molecule has 1 aliphatic rings. The number of thiazole rings is 1. The number of hydrogen-bond acceptors (Lipinski definition) is 5. The number of unbranched alkanes of at least 4 members (excludes halogenated alkanes) is 1. The number of rotatable bonds is 8. The van der Waals surface area contributed by atoms with Crippen LogP contribution in [-0.2, 0) is 27.4 Å². The zero-order valence-corrected chi connectivity index (χ0v) is 19.3. The van der Waals surface area contributed by atoms with E-state index in [4.69, 9.17) is 0 Å². The van der Waals surface area contributed by atoms with Crippen LogP contribution in [-0.4, -0.2) is 42.5 Å². The minimum Gasteiger partial charge on any atom is -0.302 e. The first-order chi connectivity index (χ1) is 15.1. The van der Waals surface area contributed by atoms with Gasteiger partial charge in [-0.2, -0.15) is 13.2 Å². The van der Waals surface area contributed by atoms with Gasteiger partial charge in [0.2, 0.25) is 15.9 Å². The van der Waals surface area contributed by atoms with Crippen molar-refractivity contribution in [3.63, 3.8) is 0 Å². The molecule has 1 amide bonds. The Morgan fingerprint density at radius 1 is 1.28 bits per heavy atom. The van der Waals surface area contributed by atoms with Crippen molar-refractivity contribution in [1.29, 1.82) is 0 Å². The number of anilines is 1. The van der Waals surface area contributed by atoms with E-state index in [-0.39, 0.29) is 24.0 Å². The largest absolute Gasteiger partial charge is 0.416 e. The third-order valence-electron chi connectivity index (χ3n) is 5.39. The van der Waals surface area contributed by atoms with Crippen LogP contribution in [0.2, 0.25) is 0 Å². The third kappa shape index (κ3) is 6.52. The SMILES string of the molecule is CCCCS(=O)(=O)N1CCC(C(=O)Nc2ncc(Cc3cccc(C(F)(F)F)c3)s2)CC1. The summed E-state index contributed by atoms with van der Waals surface area (Å²) >= 11 is 1.22. The Bertz CT molecular complexity index is 1030. The Kier molecular flexibility index (Phi) is 7.94. The summed E-state index contributed by atoms with van der Waals surface area (Å²) in [4.78, 5) is 17.5. The van der Waals surface area contributed by atoms with Crippen LogP contribution < -0.4 is 5.32 Å². The van der Waals surface area contributed by atoms with Crippen LogP contribution in [0.5, 0.6) is 0 Å². The molecule has 6 nitrogen and oxygen atoms in total. The van der Waals surface area contributed by atoms with E-state index in [1.165, 1.54) is 21.7 Å². The van der Waals surface area contributed by atoms with Gasteiger partial charge in [-0.05, 0) is 30.9 Å². The van der Waals surface area contributed by atoms with E-state index in [0.29, 0.717) is 43.0 Å². The average molecular weight is 490 g/mol. The molecule has 2 heterocycles. The molecule has 1 saturated heterocycles. The monoisotopic (exact) mass is 489 g/mol. The molecule has 1 aromatic heterocycles. The number of aromatic nitrogens is 1. The first kappa shape index (κ1) is 24.7. The van der Waals surface area contributed by atoms with Crippen molar-refractivity contribution >= 4 is 32.4 Å². The molecule has 1 aromatic carbocycles. The average Bonchev–Trinajstić information content (AvgIpc) is 3.18. The lowest BCUT2D eigenvalue weighted by atomic mass is 9.97. The summed E-state index contributed by atoms with van der Waals surface area (Å²) in [6.07, 6.45) is -0.251. The fourth-order valence-corrected chi connectivity index (χ4v) is 6.09. The molecular weight excluding hydrogens is 463 g/mol. The predicted molar refractivity (Wildman–Crippen MR) is 118 cm³/mol. The van der Waals surface area contributed by atoms with E-state index < -0.39 is 21.8 Å². The number of hydrogen-bond donors (Lipinski definition) is 1. The third-order valence-corrected chi connectivity index (χ3v) is 8.26. The summed E-state index contributed by atoms with van der Waals surface area (Å²) in [6.45, 7) is 2.58. The van der Waals surface area contributed by atoms with Gasteiger partial charge in [0.15, 0.2) is 5.13 Å². The molecular formula is C21H26F3N3O3S2. The second kappa shape index (κ2) is 10.3. The van der Waals surface area contributed by atoms with E-state index in [1.807, 2.05) is 6.92 Å². The molecule has 0 unspecified atom stereocenters. The summed E-state index contributed by atoms with van der Waals surface area (Å²) in [6, 6.07) is 5.13. The lowest BCUT2D eigenvalue weighted by Crippen LogP contribution is -2.42. The van der Waals surface area contributed by atoms with Crippen LogP contribution >= 0.6 is 11.3 Å². The smallest absolute Gasteiger partial charge is 0.302 e. The maximum atomic E-state index is 12.9. The van der Waals surface area contributed by atoms with Crippen LogP contribution in [0, 0.1) is 5.92 Å². The highest BCUT2D eigenvalue weighted by Crippen LogP contribution is 2.31. The number of amides is 1. The summed E-state index contributed by atoms with van der Waals surface area (Å²) in [5.41, 5.74) is -0.186. The molecule has 0 aliphatic carbocycles. The lowest BCUT2D eigenvalue weighted by molar-refractivity contribution is -0.137. The normalized spacial score (nSPS) is 16.2. The minimum absolute atomic E-state index is 0.133. The van der Waals surface area contributed by atoms with Gasteiger partial charge in [-0.25, -0.2) is 17.7 Å². The number of nitrogens with zero attached hydrogens (tertiary/aromatic N) is 2. The van der Waals surface area contributed by atoms with Crippen molar-refractivity contribution in [2.45, 2.75) is 45.2 Å². The summed E-state index contributed by atoms with van der Waals surface area (Å²) in [5, 5.41) is 3.15. The van der Waals surface area contributed by atoms with Crippen molar-refractivity contribution in [3.05, 3.63) is 46.5 Å². The zero-order valence-electron chi connectivity index (χ0n) is 17.7. The van der Waals surface area contributed by atoms with Gasteiger partial charge in [-0.3, -0.25) is 4.79 Å². The topological polar surface area (TPSA) is 79.4 Å². The summed E-state index contributed by atoms with van der Waals surface area (Å²) in [7, 11) is -3.27. The quantitative estimate of drug-likeness (QED) is 0.591. The van der Waals surface area contributed by atoms with Crippen molar-refractivity contribution in [2.75, 3.05) is 24.2 Å². The summed E-state index contributed by atoms with van der Waals surface area (Å²) in [5.74, 6) is -0.382. The first-order valence-electron chi connectivity index (χ1n) is 10.5. The number of benzene rings is 1. The van der Waals surface area contributed by atoms with Crippen molar-refractivity contribution in [1.82, 2.24) is 9.29 Å². The molecule has 0 radical (unpaired) electrons. The molecule has 32 heavy (non-hydrogen) atoms. The molecule has 11 heteroatoms. The van der Waals surface area contributed by atoms with E-state index in [2.05, 4.69) is 10.3 Å². The van der Waals surface area contributed by atoms with Gasteiger partial charge >= 0.3 is 6.18 Å². The van der Waals surface area contributed by atoms with Gasteiger partial charge in [-0.1, -0.05) is 31.5 Å². The van der Waals surface area contributed by atoms with Crippen LogP contribution in [0.15, 0.2) is 30.5 Å². The van der Waals surface area contributed by atoms with Gasteiger partial charge in [0.05, 0.1) is 11.3 Å². The van der Waals surface area contributed by atoms with Gasteiger partial charge in [0, 0.05) is 36.5 Å². The molecule has 0 bridgehead atoms. The van der Waals surface area contributed by atoms with Crippen LogP contribution in [0.25, 0.3) is 0 Å². The van der Waals surface area contributed by atoms with Gasteiger partial charge in [0.1, 0.15) is 0 Å². The number of sulfonamides is 1. The molecule has 1 fully saturated rings. The maximum absolute atomic E-state index is 12.9. The molecule has 0 atom stereocenters. The van der Waals surface area contributed by atoms with Crippen molar-refractivity contribution < 1.29 is 26.4 Å². The number of carbonyl (C=O) groups excluding carboxylic acids is 1. The zero-order chi connectivity index (χ0) is 23.4. The predicted octanol–water partition coefficient (Wildman–Crippen LogP) is 4.53. The van der Waals surface area contributed by atoms with Gasteiger partial charge in [0.25, 0.3) is 0 Å². The Morgan fingerprint density at radius 2 is 2.00 bits per heavy atom. The highest BCUT2D eigenvalue weighted by atomic mass is 32.2. The number of nitrogens with one attached hydrogen (secondary N) is 1. The van der Waals surface area contributed by atoms with E-state index in [9.17, 15) is 26.4 Å². The van der Waals surface area contributed by atoms with E-state index >= 15 is 0 Å². The van der Waals surface area contributed by atoms with Crippen LogP contribution in [0.3, 0.4) is 0 Å². The lowest BCUT2D eigenvalue weighted by Gasteiger charge is -2.30. The molecule has 1 N–H and O–H groups in total. The van der Waals surface area contributed by atoms with Gasteiger partial charge < -0.3 is 5.32 Å². The van der Waals surface area contributed by atoms with E-state index in [1.54, 1.807) is 12.3 Å². The Hall–Kier alpha value is -1.98. The highest BCUT2D eigenvalue weighted by Gasteiger charge is 2.31. The Balaban J connectivity index is 1.53. The van der Waals surface area contributed by atoms with Gasteiger partial charge in [-0.15, -0.1) is 11.3 Å².